The SMILES string of the molecule is Nc1cc(=O)n(C2CCCCC2)c2nc(Nc3ccc(N4CCC(CCCN5CCOCC5)CC4)cc3)ncc12. The Morgan fingerprint density at radius 1 is 0.975 bits per heavy atom. The van der Waals surface area contributed by atoms with Gasteiger partial charge in [0, 0.05) is 61.5 Å². The van der Waals surface area contributed by atoms with Gasteiger partial charge < -0.3 is 20.7 Å². The van der Waals surface area contributed by atoms with E-state index in [1.165, 1.54) is 50.4 Å². The van der Waals surface area contributed by atoms with Crippen LogP contribution in [0.5, 0.6) is 0 Å². The maximum Gasteiger partial charge on any atom is 0.254 e. The second kappa shape index (κ2) is 12.6. The van der Waals surface area contributed by atoms with Crippen LogP contribution in [0.15, 0.2) is 41.3 Å². The number of hydrogen-bond acceptors (Lipinski definition) is 8. The van der Waals surface area contributed by atoms with Gasteiger partial charge >= 0.3 is 0 Å². The van der Waals surface area contributed by atoms with Crippen molar-refractivity contribution in [3.8, 4) is 0 Å². The molecule has 0 amide bonds. The Hall–Kier alpha value is -3.17. The van der Waals surface area contributed by atoms with Crippen LogP contribution in [0.3, 0.4) is 0 Å². The second-order valence-electron chi connectivity index (χ2n) is 11.7. The zero-order chi connectivity index (χ0) is 27.3. The Kier molecular flexibility index (Phi) is 8.48. The number of ether oxygens (including phenoxy) is 1. The number of fused-ring (bicyclic) bond motifs is 1. The minimum atomic E-state index is -0.0771. The van der Waals surface area contributed by atoms with E-state index in [9.17, 15) is 4.79 Å². The first-order valence-corrected chi connectivity index (χ1v) is 15.2. The molecule has 3 N–H and O–H groups in total. The second-order valence-corrected chi connectivity index (χ2v) is 11.7. The van der Waals surface area contributed by atoms with Crippen molar-refractivity contribution < 1.29 is 4.74 Å². The van der Waals surface area contributed by atoms with E-state index in [-0.39, 0.29) is 11.6 Å². The lowest BCUT2D eigenvalue weighted by molar-refractivity contribution is 0.0365. The predicted octanol–water partition coefficient (Wildman–Crippen LogP) is 4.95. The van der Waals surface area contributed by atoms with Gasteiger partial charge in [0.2, 0.25) is 5.95 Å². The zero-order valence-electron chi connectivity index (χ0n) is 23.6. The number of nitrogens with two attached hydrogens (primary N) is 1. The molecule has 9 nitrogen and oxygen atoms in total. The normalized spacial score (nSPS) is 19.8. The molecule has 3 fully saturated rings. The number of benzene rings is 1. The number of anilines is 4. The van der Waals surface area contributed by atoms with Crippen LogP contribution in [0.25, 0.3) is 11.0 Å². The van der Waals surface area contributed by atoms with Gasteiger partial charge in [-0.2, -0.15) is 4.98 Å². The number of morpholine rings is 1. The van der Waals surface area contributed by atoms with Crippen molar-refractivity contribution in [3.05, 3.63) is 46.9 Å². The summed E-state index contributed by atoms with van der Waals surface area (Å²) in [4.78, 5) is 27.3. The lowest BCUT2D eigenvalue weighted by Gasteiger charge is -2.34. The Morgan fingerprint density at radius 3 is 2.48 bits per heavy atom. The number of nitrogen functional groups attached to an aromatic ring is 1. The number of pyridine rings is 1. The number of nitrogens with zero attached hydrogens (tertiary/aromatic N) is 5. The fourth-order valence-corrected chi connectivity index (χ4v) is 6.69. The molecule has 0 bridgehead atoms. The highest BCUT2D eigenvalue weighted by Gasteiger charge is 2.22. The van der Waals surface area contributed by atoms with Gasteiger partial charge in [0.05, 0.1) is 18.6 Å². The molecule has 4 heterocycles. The quantitative estimate of drug-likeness (QED) is 0.410. The molecule has 214 valence electrons. The van der Waals surface area contributed by atoms with E-state index in [0.29, 0.717) is 17.3 Å². The third-order valence-electron chi connectivity index (χ3n) is 9.06. The minimum Gasteiger partial charge on any atom is -0.398 e. The molecule has 2 aliphatic heterocycles. The number of hydrogen-bond donors (Lipinski definition) is 2. The van der Waals surface area contributed by atoms with Gasteiger partial charge in [-0.05, 0) is 75.3 Å². The Balaban J connectivity index is 1.06. The van der Waals surface area contributed by atoms with Crippen molar-refractivity contribution in [1.29, 1.82) is 0 Å². The molecule has 1 aliphatic carbocycles. The van der Waals surface area contributed by atoms with E-state index < -0.39 is 0 Å². The van der Waals surface area contributed by atoms with Crippen LogP contribution in [0, 0.1) is 5.92 Å². The molecule has 9 heteroatoms. The number of piperidine rings is 1. The standard InChI is InChI=1S/C31H43N7O2/c32-28-21-29(39)38(26-6-2-1-3-7-26)30-27(28)22-33-31(35-30)34-24-8-10-25(11-9-24)37-15-12-23(13-16-37)5-4-14-36-17-19-40-20-18-36/h8-11,21-23,26H,1-7,12-20,32H2,(H,33,34,35). The van der Waals surface area contributed by atoms with Crippen LogP contribution in [0.2, 0.25) is 0 Å². The summed E-state index contributed by atoms with van der Waals surface area (Å²) in [5.74, 6) is 1.32. The Bertz CT molecular complexity index is 1320. The third-order valence-corrected chi connectivity index (χ3v) is 9.06. The van der Waals surface area contributed by atoms with Gasteiger partial charge in [0.15, 0.2) is 5.65 Å². The molecule has 40 heavy (non-hydrogen) atoms. The topological polar surface area (TPSA) is 102 Å². The highest BCUT2D eigenvalue weighted by Crippen LogP contribution is 2.31. The molecule has 1 saturated carbocycles. The van der Waals surface area contributed by atoms with Crippen molar-refractivity contribution >= 4 is 34.0 Å². The maximum absolute atomic E-state index is 12.9. The number of aromatic nitrogens is 3. The van der Waals surface area contributed by atoms with E-state index in [0.717, 1.165) is 82.1 Å². The molecule has 3 aliphatic rings. The number of rotatable bonds is 8. The zero-order valence-corrected chi connectivity index (χ0v) is 23.6. The van der Waals surface area contributed by atoms with E-state index in [4.69, 9.17) is 15.5 Å². The summed E-state index contributed by atoms with van der Waals surface area (Å²) in [5.41, 5.74) is 9.35. The molecule has 2 aromatic heterocycles. The van der Waals surface area contributed by atoms with E-state index >= 15 is 0 Å². The van der Waals surface area contributed by atoms with Crippen LogP contribution >= 0.6 is 0 Å². The van der Waals surface area contributed by atoms with E-state index in [2.05, 4.69) is 44.4 Å². The Morgan fingerprint density at radius 2 is 1.73 bits per heavy atom. The van der Waals surface area contributed by atoms with Gasteiger partial charge in [0.25, 0.3) is 5.56 Å². The number of nitrogens with one attached hydrogen (secondary N) is 1. The van der Waals surface area contributed by atoms with Gasteiger partial charge in [0.1, 0.15) is 0 Å². The largest absolute Gasteiger partial charge is 0.398 e. The van der Waals surface area contributed by atoms with Crippen LogP contribution in [-0.2, 0) is 4.74 Å². The highest BCUT2D eigenvalue weighted by atomic mass is 16.5. The summed E-state index contributed by atoms with van der Waals surface area (Å²) in [7, 11) is 0. The summed E-state index contributed by atoms with van der Waals surface area (Å²) in [6.07, 6.45) is 12.4. The molecule has 2 saturated heterocycles. The lowest BCUT2D eigenvalue weighted by Crippen LogP contribution is -2.37. The minimum absolute atomic E-state index is 0.0771. The summed E-state index contributed by atoms with van der Waals surface area (Å²) >= 11 is 0. The molecular formula is C31H43N7O2. The summed E-state index contributed by atoms with van der Waals surface area (Å²) in [5, 5.41) is 4.08. The van der Waals surface area contributed by atoms with Crippen molar-refractivity contribution in [2.45, 2.75) is 63.8 Å². The molecule has 0 radical (unpaired) electrons. The molecule has 6 rings (SSSR count). The fourth-order valence-electron chi connectivity index (χ4n) is 6.69. The van der Waals surface area contributed by atoms with Gasteiger partial charge in [-0.15, -0.1) is 0 Å². The van der Waals surface area contributed by atoms with Gasteiger partial charge in [-0.1, -0.05) is 19.3 Å². The van der Waals surface area contributed by atoms with Gasteiger partial charge in [-0.25, -0.2) is 4.98 Å². The first-order valence-electron chi connectivity index (χ1n) is 15.2. The van der Waals surface area contributed by atoms with Crippen molar-refractivity contribution in [1.82, 2.24) is 19.4 Å². The van der Waals surface area contributed by atoms with Crippen LogP contribution < -0.4 is 21.5 Å². The maximum atomic E-state index is 12.9. The van der Waals surface area contributed by atoms with Crippen LogP contribution in [0.1, 0.15) is 63.8 Å². The summed E-state index contributed by atoms with van der Waals surface area (Å²) < 4.78 is 7.30. The smallest absolute Gasteiger partial charge is 0.254 e. The van der Waals surface area contributed by atoms with E-state index in [1.54, 1.807) is 6.20 Å². The molecular weight excluding hydrogens is 502 g/mol. The first-order chi connectivity index (χ1) is 19.6. The Labute approximate surface area is 236 Å². The average Bonchev–Trinajstić information content (AvgIpc) is 2.99. The molecule has 3 aromatic rings. The van der Waals surface area contributed by atoms with Crippen molar-refractivity contribution in [2.75, 3.05) is 61.9 Å². The van der Waals surface area contributed by atoms with Crippen molar-refractivity contribution in [2.24, 2.45) is 5.92 Å². The van der Waals surface area contributed by atoms with Gasteiger partial charge in [-0.3, -0.25) is 14.3 Å². The third kappa shape index (κ3) is 6.25. The average molecular weight is 546 g/mol. The lowest BCUT2D eigenvalue weighted by atomic mass is 9.92. The molecule has 1 aromatic carbocycles. The highest BCUT2D eigenvalue weighted by molar-refractivity contribution is 5.87. The first kappa shape index (κ1) is 27.0. The summed E-state index contributed by atoms with van der Waals surface area (Å²) in [6, 6.07) is 10.2. The van der Waals surface area contributed by atoms with Crippen LogP contribution in [0.4, 0.5) is 23.0 Å². The van der Waals surface area contributed by atoms with E-state index in [1.807, 2.05) is 4.57 Å². The molecule has 0 spiro atoms. The van der Waals surface area contributed by atoms with Crippen molar-refractivity contribution in [3.63, 3.8) is 0 Å². The molecule has 0 atom stereocenters. The predicted molar refractivity (Wildman–Crippen MR) is 161 cm³/mol. The molecule has 0 unspecified atom stereocenters. The van der Waals surface area contributed by atoms with Crippen LogP contribution in [-0.4, -0.2) is 65.4 Å². The summed E-state index contributed by atoms with van der Waals surface area (Å²) in [6.45, 7) is 7.40. The fraction of sp³-hybridized carbons (Fsp3) is 0.581. The monoisotopic (exact) mass is 545 g/mol.